The predicted octanol–water partition coefficient (Wildman–Crippen LogP) is 1.46. The van der Waals surface area contributed by atoms with E-state index in [-0.39, 0.29) is 17.9 Å². The van der Waals surface area contributed by atoms with Gasteiger partial charge in [-0.2, -0.15) is 0 Å². The molecule has 0 saturated carbocycles. The van der Waals surface area contributed by atoms with Crippen LogP contribution in [0.5, 0.6) is 0 Å². The lowest BCUT2D eigenvalue weighted by molar-refractivity contribution is -0.140. The van der Waals surface area contributed by atoms with E-state index in [0.717, 1.165) is 0 Å². The molecule has 0 saturated heterocycles. The fourth-order valence-electron chi connectivity index (χ4n) is 1.61. The average Bonchev–Trinajstić information content (AvgIpc) is 2.34. The molecule has 0 bridgehead atoms. The molecule has 0 aliphatic carbocycles. The minimum absolute atomic E-state index is 0.122. The molecule has 19 heavy (non-hydrogen) atoms. The highest BCUT2D eigenvalue weighted by molar-refractivity contribution is 5.82. The summed E-state index contributed by atoms with van der Waals surface area (Å²) >= 11 is 0. The van der Waals surface area contributed by atoms with Gasteiger partial charge in [-0.25, -0.2) is 9.59 Å². The fourth-order valence-corrected chi connectivity index (χ4v) is 1.61. The summed E-state index contributed by atoms with van der Waals surface area (Å²) in [4.78, 5) is 22.9. The molecule has 0 aliphatic rings. The molecule has 1 unspecified atom stereocenters. The van der Waals surface area contributed by atoms with E-state index in [9.17, 15) is 9.59 Å². The SMILES string of the molecule is CC[C@H](C)[C@H](NC(=O)NC(COC)C(C)C)C(=O)O. The van der Waals surface area contributed by atoms with Gasteiger partial charge >= 0.3 is 12.0 Å². The van der Waals surface area contributed by atoms with E-state index < -0.39 is 18.0 Å². The number of carbonyl (C=O) groups is 2. The number of carboxylic acids is 1. The average molecular weight is 274 g/mol. The number of urea groups is 1. The third-order valence-electron chi connectivity index (χ3n) is 3.23. The number of nitrogens with one attached hydrogen (secondary N) is 2. The van der Waals surface area contributed by atoms with Crippen LogP contribution in [0.25, 0.3) is 0 Å². The minimum Gasteiger partial charge on any atom is -0.480 e. The highest BCUT2D eigenvalue weighted by Gasteiger charge is 2.26. The zero-order valence-electron chi connectivity index (χ0n) is 12.4. The summed E-state index contributed by atoms with van der Waals surface area (Å²) in [6.45, 7) is 8.02. The highest BCUT2D eigenvalue weighted by atomic mass is 16.5. The van der Waals surface area contributed by atoms with Crippen molar-refractivity contribution < 1.29 is 19.4 Å². The van der Waals surface area contributed by atoms with Crippen LogP contribution in [0, 0.1) is 11.8 Å². The maximum absolute atomic E-state index is 11.8. The second-order valence-electron chi connectivity index (χ2n) is 5.13. The Morgan fingerprint density at radius 2 is 1.79 bits per heavy atom. The molecule has 0 aromatic carbocycles. The number of methoxy groups -OCH3 is 1. The first-order chi connectivity index (χ1) is 8.83. The van der Waals surface area contributed by atoms with E-state index >= 15 is 0 Å². The Morgan fingerprint density at radius 1 is 1.21 bits per heavy atom. The summed E-state index contributed by atoms with van der Waals surface area (Å²) in [6.07, 6.45) is 0.683. The molecular weight excluding hydrogens is 248 g/mol. The van der Waals surface area contributed by atoms with E-state index in [2.05, 4.69) is 10.6 Å². The van der Waals surface area contributed by atoms with Crippen LogP contribution in [-0.4, -0.2) is 42.9 Å². The first-order valence-electron chi connectivity index (χ1n) is 6.62. The molecule has 3 atom stereocenters. The maximum Gasteiger partial charge on any atom is 0.326 e. The number of hydrogen-bond acceptors (Lipinski definition) is 3. The Bertz CT molecular complexity index is 294. The maximum atomic E-state index is 11.8. The predicted molar refractivity (Wildman–Crippen MR) is 73.0 cm³/mol. The zero-order valence-corrected chi connectivity index (χ0v) is 12.4. The fraction of sp³-hybridized carbons (Fsp3) is 0.846. The molecule has 0 aromatic heterocycles. The molecule has 0 fully saturated rings. The summed E-state index contributed by atoms with van der Waals surface area (Å²) in [5.74, 6) is -0.932. The van der Waals surface area contributed by atoms with Gasteiger partial charge in [-0.05, 0) is 11.8 Å². The highest BCUT2D eigenvalue weighted by Crippen LogP contribution is 2.08. The van der Waals surface area contributed by atoms with Gasteiger partial charge in [-0.15, -0.1) is 0 Å². The lowest BCUT2D eigenvalue weighted by Gasteiger charge is -2.25. The number of rotatable bonds is 8. The van der Waals surface area contributed by atoms with Crippen molar-refractivity contribution in [3.05, 3.63) is 0 Å². The van der Waals surface area contributed by atoms with Crippen LogP contribution < -0.4 is 10.6 Å². The minimum atomic E-state index is -1.02. The molecule has 2 amide bonds. The topological polar surface area (TPSA) is 87.7 Å². The van der Waals surface area contributed by atoms with Crippen LogP contribution in [0.3, 0.4) is 0 Å². The molecule has 112 valence electrons. The van der Waals surface area contributed by atoms with Gasteiger partial charge in [0.05, 0.1) is 12.6 Å². The molecule has 0 heterocycles. The van der Waals surface area contributed by atoms with Gasteiger partial charge in [-0.3, -0.25) is 0 Å². The molecule has 0 rings (SSSR count). The van der Waals surface area contributed by atoms with Crippen LogP contribution >= 0.6 is 0 Å². The second-order valence-corrected chi connectivity index (χ2v) is 5.13. The smallest absolute Gasteiger partial charge is 0.326 e. The van der Waals surface area contributed by atoms with E-state index in [1.807, 2.05) is 20.8 Å². The van der Waals surface area contributed by atoms with Crippen LogP contribution in [0.2, 0.25) is 0 Å². The van der Waals surface area contributed by atoms with Gasteiger partial charge in [-0.1, -0.05) is 34.1 Å². The Kier molecular flexibility index (Phi) is 8.14. The third kappa shape index (κ3) is 6.42. The van der Waals surface area contributed by atoms with Crippen LogP contribution in [-0.2, 0) is 9.53 Å². The van der Waals surface area contributed by atoms with Crippen molar-refractivity contribution >= 4 is 12.0 Å². The number of ether oxygens (including phenoxy) is 1. The van der Waals surface area contributed by atoms with Crippen LogP contribution in [0.4, 0.5) is 4.79 Å². The summed E-state index contributed by atoms with van der Waals surface area (Å²) in [7, 11) is 1.56. The van der Waals surface area contributed by atoms with Crippen LogP contribution in [0.1, 0.15) is 34.1 Å². The summed E-state index contributed by atoms with van der Waals surface area (Å²) < 4.78 is 5.03. The molecule has 6 heteroatoms. The van der Waals surface area contributed by atoms with Crippen molar-refractivity contribution in [2.24, 2.45) is 11.8 Å². The Morgan fingerprint density at radius 3 is 2.16 bits per heavy atom. The van der Waals surface area contributed by atoms with Gasteiger partial charge < -0.3 is 20.5 Å². The standard InChI is InChI=1S/C13H26N2O4/c1-6-9(4)11(12(16)17)15-13(18)14-10(7-19-5)8(2)3/h8-11H,6-7H2,1-5H3,(H,16,17)(H2,14,15,18)/t9-,10?,11-/m0/s1. The van der Waals surface area contributed by atoms with E-state index in [0.29, 0.717) is 13.0 Å². The molecule has 6 nitrogen and oxygen atoms in total. The molecule has 0 spiro atoms. The molecule has 3 N–H and O–H groups in total. The quantitative estimate of drug-likeness (QED) is 0.625. The summed E-state index contributed by atoms with van der Waals surface area (Å²) in [5.41, 5.74) is 0. The van der Waals surface area contributed by atoms with Gasteiger partial charge in [0.1, 0.15) is 6.04 Å². The molecule has 0 aliphatic heterocycles. The molecule has 0 aromatic rings. The molecule has 0 radical (unpaired) electrons. The lowest BCUT2D eigenvalue weighted by atomic mass is 9.99. The molecular formula is C13H26N2O4. The van der Waals surface area contributed by atoms with Gasteiger partial charge in [0, 0.05) is 7.11 Å². The zero-order chi connectivity index (χ0) is 15.0. The number of amides is 2. The van der Waals surface area contributed by atoms with Crippen molar-refractivity contribution in [2.75, 3.05) is 13.7 Å². The Labute approximate surface area is 114 Å². The van der Waals surface area contributed by atoms with Crippen LogP contribution in [0.15, 0.2) is 0 Å². The van der Waals surface area contributed by atoms with E-state index in [4.69, 9.17) is 9.84 Å². The third-order valence-corrected chi connectivity index (χ3v) is 3.23. The Hall–Kier alpha value is -1.30. The van der Waals surface area contributed by atoms with Crippen molar-refractivity contribution in [3.63, 3.8) is 0 Å². The first-order valence-corrected chi connectivity index (χ1v) is 6.62. The summed E-state index contributed by atoms with van der Waals surface area (Å²) in [6, 6.07) is -1.49. The van der Waals surface area contributed by atoms with Crippen molar-refractivity contribution in [1.29, 1.82) is 0 Å². The number of carbonyl (C=O) groups excluding carboxylic acids is 1. The summed E-state index contributed by atoms with van der Waals surface area (Å²) in [5, 5.41) is 14.4. The van der Waals surface area contributed by atoms with Gasteiger partial charge in [0.25, 0.3) is 0 Å². The van der Waals surface area contributed by atoms with Crippen molar-refractivity contribution in [1.82, 2.24) is 10.6 Å². The normalized spacial score (nSPS) is 15.7. The van der Waals surface area contributed by atoms with Crippen molar-refractivity contribution in [3.8, 4) is 0 Å². The number of carboxylic acid groups (broad SMARTS) is 1. The Balaban J connectivity index is 4.51. The van der Waals surface area contributed by atoms with E-state index in [1.165, 1.54) is 0 Å². The van der Waals surface area contributed by atoms with E-state index in [1.54, 1.807) is 14.0 Å². The number of hydrogen-bond donors (Lipinski definition) is 3. The second kappa shape index (κ2) is 8.74. The van der Waals surface area contributed by atoms with Gasteiger partial charge in [0.15, 0.2) is 0 Å². The largest absolute Gasteiger partial charge is 0.480 e. The lowest BCUT2D eigenvalue weighted by Crippen LogP contribution is -2.53. The first kappa shape index (κ1) is 17.7. The monoisotopic (exact) mass is 274 g/mol. The van der Waals surface area contributed by atoms with Crippen molar-refractivity contribution in [2.45, 2.75) is 46.2 Å². The number of aliphatic carboxylic acids is 1. The van der Waals surface area contributed by atoms with Gasteiger partial charge in [0.2, 0.25) is 0 Å².